The number of aromatic nitrogens is 2. The number of aliphatic hydroxyl groups excluding tert-OH is 1. The van der Waals surface area contributed by atoms with E-state index in [1.807, 2.05) is 4.68 Å². The summed E-state index contributed by atoms with van der Waals surface area (Å²) in [7, 11) is 0. The summed E-state index contributed by atoms with van der Waals surface area (Å²) in [5.41, 5.74) is 1.10. The van der Waals surface area contributed by atoms with Crippen LogP contribution in [0.5, 0.6) is 0 Å². The average Bonchev–Trinajstić information content (AvgIpc) is 2.85. The maximum atomic E-state index is 8.91. The lowest BCUT2D eigenvalue weighted by atomic mass is 10.1. The Balaban J connectivity index is 2.17. The second-order valence-electron chi connectivity index (χ2n) is 5.15. The largest absolute Gasteiger partial charge is 0.396 e. The molecule has 0 bridgehead atoms. The standard InChI is InChI=1S/C14H27N3O/c1-4-13(3)17-9-7-14(16-17)10-15-8-5-6-12(2)11-18/h7,9,12-13,15,18H,4-6,8,10-11H2,1-3H3. The van der Waals surface area contributed by atoms with Crippen LogP contribution in [0, 0.1) is 5.92 Å². The van der Waals surface area contributed by atoms with E-state index in [1.165, 1.54) is 0 Å². The van der Waals surface area contributed by atoms with Crippen LogP contribution in [0.2, 0.25) is 0 Å². The minimum atomic E-state index is 0.291. The molecule has 18 heavy (non-hydrogen) atoms. The van der Waals surface area contributed by atoms with E-state index in [4.69, 9.17) is 5.11 Å². The number of hydrogen-bond donors (Lipinski definition) is 2. The van der Waals surface area contributed by atoms with Crippen LogP contribution >= 0.6 is 0 Å². The summed E-state index contributed by atoms with van der Waals surface area (Å²) < 4.78 is 2.03. The van der Waals surface area contributed by atoms with Gasteiger partial charge < -0.3 is 10.4 Å². The number of nitrogens with one attached hydrogen (secondary N) is 1. The zero-order chi connectivity index (χ0) is 13.4. The van der Waals surface area contributed by atoms with Crippen molar-refractivity contribution in [2.24, 2.45) is 5.92 Å². The minimum absolute atomic E-state index is 0.291. The molecule has 0 aliphatic heterocycles. The first kappa shape index (κ1) is 15.2. The van der Waals surface area contributed by atoms with Gasteiger partial charge in [0.1, 0.15) is 0 Å². The molecular weight excluding hydrogens is 226 g/mol. The van der Waals surface area contributed by atoms with Crippen molar-refractivity contribution < 1.29 is 5.11 Å². The number of hydrogen-bond acceptors (Lipinski definition) is 3. The zero-order valence-electron chi connectivity index (χ0n) is 11.9. The monoisotopic (exact) mass is 253 g/mol. The van der Waals surface area contributed by atoms with Crippen LogP contribution in [0.15, 0.2) is 12.3 Å². The van der Waals surface area contributed by atoms with E-state index in [9.17, 15) is 0 Å². The Labute approximate surface area is 110 Å². The summed E-state index contributed by atoms with van der Waals surface area (Å²) in [6, 6.07) is 2.55. The van der Waals surface area contributed by atoms with Crippen molar-refractivity contribution in [2.45, 2.75) is 52.6 Å². The molecule has 0 radical (unpaired) electrons. The molecule has 0 spiro atoms. The van der Waals surface area contributed by atoms with E-state index >= 15 is 0 Å². The summed E-state index contributed by atoms with van der Waals surface area (Å²) in [4.78, 5) is 0. The van der Waals surface area contributed by atoms with Gasteiger partial charge in [0.25, 0.3) is 0 Å². The van der Waals surface area contributed by atoms with Gasteiger partial charge in [0.05, 0.1) is 5.69 Å². The van der Waals surface area contributed by atoms with Crippen LogP contribution in [-0.2, 0) is 6.54 Å². The highest BCUT2D eigenvalue weighted by Crippen LogP contribution is 2.09. The second kappa shape index (κ2) is 8.27. The first-order chi connectivity index (χ1) is 8.67. The SMILES string of the molecule is CCC(C)n1ccc(CNCCCC(C)CO)n1. The quantitative estimate of drug-likeness (QED) is 0.664. The molecular formula is C14H27N3O. The van der Waals surface area contributed by atoms with Crippen molar-refractivity contribution in [2.75, 3.05) is 13.2 Å². The number of aliphatic hydroxyl groups is 1. The Bertz CT molecular complexity index is 325. The molecule has 0 aromatic carbocycles. The Hall–Kier alpha value is -0.870. The second-order valence-corrected chi connectivity index (χ2v) is 5.15. The van der Waals surface area contributed by atoms with Gasteiger partial charge in [-0.25, -0.2) is 0 Å². The highest BCUT2D eigenvalue weighted by molar-refractivity contribution is 4.99. The smallest absolute Gasteiger partial charge is 0.0762 e. The fourth-order valence-electron chi connectivity index (χ4n) is 1.79. The van der Waals surface area contributed by atoms with E-state index in [-0.39, 0.29) is 0 Å². The van der Waals surface area contributed by atoms with E-state index < -0.39 is 0 Å². The van der Waals surface area contributed by atoms with E-state index in [2.05, 4.69) is 43.4 Å². The summed E-state index contributed by atoms with van der Waals surface area (Å²) in [6.45, 7) is 8.54. The normalized spacial score (nSPS) is 14.7. The lowest BCUT2D eigenvalue weighted by Gasteiger charge is -2.09. The van der Waals surface area contributed by atoms with Gasteiger partial charge in [-0.1, -0.05) is 13.8 Å². The van der Waals surface area contributed by atoms with Gasteiger partial charge in [0, 0.05) is 25.4 Å². The molecule has 0 aliphatic carbocycles. The van der Waals surface area contributed by atoms with Gasteiger partial charge >= 0.3 is 0 Å². The summed E-state index contributed by atoms with van der Waals surface area (Å²) >= 11 is 0. The van der Waals surface area contributed by atoms with Crippen molar-refractivity contribution >= 4 is 0 Å². The van der Waals surface area contributed by atoms with Crippen LogP contribution in [0.25, 0.3) is 0 Å². The topological polar surface area (TPSA) is 50.1 Å². The van der Waals surface area contributed by atoms with Crippen molar-refractivity contribution in [1.82, 2.24) is 15.1 Å². The van der Waals surface area contributed by atoms with Gasteiger partial charge in [0.15, 0.2) is 0 Å². The van der Waals surface area contributed by atoms with Crippen molar-refractivity contribution in [3.63, 3.8) is 0 Å². The van der Waals surface area contributed by atoms with Gasteiger partial charge in [0.2, 0.25) is 0 Å². The predicted octanol–water partition coefficient (Wildman–Crippen LogP) is 2.35. The minimum Gasteiger partial charge on any atom is -0.396 e. The molecule has 2 N–H and O–H groups in total. The molecule has 2 atom stereocenters. The highest BCUT2D eigenvalue weighted by atomic mass is 16.3. The van der Waals surface area contributed by atoms with Crippen LogP contribution in [0.1, 0.15) is 51.8 Å². The third kappa shape index (κ3) is 5.19. The molecule has 2 unspecified atom stereocenters. The third-order valence-electron chi connectivity index (χ3n) is 3.37. The molecule has 1 heterocycles. The Morgan fingerprint density at radius 2 is 2.22 bits per heavy atom. The lowest BCUT2D eigenvalue weighted by Crippen LogP contribution is -2.16. The fourth-order valence-corrected chi connectivity index (χ4v) is 1.79. The molecule has 1 aromatic heterocycles. The number of nitrogens with zero attached hydrogens (tertiary/aromatic N) is 2. The molecule has 0 aliphatic rings. The Morgan fingerprint density at radius 3 is 2.89 bits per heavy atom. The third-order valence-corrected chi connectivity index (χ3v) is 3.37. The van der Waals surface area contributed by atoms with Gasteiger partial charge in [-0.2, -0.15) is 5.10 Å². The van der Waals surface area contributed by atoms with Crippen molar-refractivity contribution in [3.8, 4) is 0 Å². The maximum absolute atomic E-state index is 8.91. The maximum Gasteiger partial charge on any atom is 0.0762 e. The molecule has 104 valence electrons. The molecule has 0 amide bonds. The Kier molecular flexibility index (Phi) is 6.98. The lowest BCUT2D eigenvalue weighted by molar-refractivity contribution is 0.228. The summed E-state index contributed by atoms with van der Waals surface area (Å²) in [5, 5.41) is 16.9. The average molecular weight is 253 g/mol. The van der Waals surface area contributed by atoms with Crippen LogP contribution in [-0.4, -0.2) is 28.0 Å². The van der Waals surface area contributed by atoms with Crippen LogP contribution in [0.3, 0.4) is 0 Å². The zero-order valence-corrected chi connectivity index (χ0v) is 11.9. The van der Waals surface area contributed by atoms with Gasteiger partial charge in [-0.15, -0.1) is 0 Å². The van der Waals surface area contributed by atoms with E-state index in [1.54, 1.807) is 0 Å². The van der Waals surface area contributed by atoms with Crippen molar-refractivity contribution in [3.05, 3.63) is 18.0 Å². The molecule has 4 heteroatoms. The first-order valence-electron chi connectivity index (χ1n) is 7.03. The van der Waals surface area contributed by atoms with E-state index in [0.717, 1.165) is 38.0 Å². The Morgan fingerprint density at radius 1 is 1.44 bits per heavy atom. The van der Waals surface area contributed by atoms with Crippen molar-refractivity contribution in [1.29, 1.82) is 0 Å². The summed E-state index contributed by atoms with van der Waals surface area (Å²) in [6.07, 6.45) is 5.34. The van der Waals surface area contributed by atoms with Gasteiger partial charge in [-0.3, -0.25) is 4.68 Å². The molecule has 4 nitrogen and oxygen atoms in total. The fraction of sp³-hybridized carbons (Fsp3) is 0.786. The highest BCUT2D eigenvalue weighted by Gasteiger charge is 2.04. The van der Waals surface area contributed by atoms with Crippen LogP contribution < -0.4 is 5.32 Å². The molecule has 0 saturated carbocycles. The summed E-state index contributed by atoms with van der Waals surface area (Å²) in [5.74, 6) is 0.413. The molecule has 1 rings (SSSR count). The molecule has 1 aromatic rings. The number of rotatable bonds is 9. The van der Waals surface area contributed by atoms with Crippen LogP contribution in [0.4, 0.5) is 0 Å². The molecule has 0 fully saturated rings. The molecule has 0 saturated heterocycles. The predicted molar refractivity (Wildman–Crippen MR) is 74.4 cm³/mol. The van der Waals surface area contributed by atoms with E-state index in [0.29, 0.717) is 18.6 Å². The first-order valence-corrected chi connectivity index (χ1v) is 7.03. The van der Waals surface area contributed by atoms with Gasteiger partial charge in [-0.05, 0) is 44.7 Å².